The fourth-order valence-corrected chi connectivity index (χ4v) is 2.10. The third kappa shape index (κ3) is 3.84. The molecule has 22 heavy (non-hydrogen) atoms. The van der Waals surface area contributed by atoms with Crippen LogP contribution in [0.2, 0.25) is 0 Å². The van der Waals surface area contributed by atoms with Crippen LogP contribution in [0.3, 0.4) is 0 Å². The van der Waals surface area contributed by atoms with Crippen molar-refractivity contribution in [2.75, 3.05) is 13.2 Å². The van der Waals surface area contributed by atoms with Crippen molar-refractivity contribution in [3.8, 4) is 5.75 Å². The SMILES string of the molecule is O=C(Oc1ccccc1)OC1COC(c2ccccc2)OC1. The molecular formula is C17H16O5. The zero-order valence-electron chi connectivity index (χ0n) is 11.9. The second-order valence-electron chi connectivity index (χ2n) is 4.81. The Morgan fingerprint density at radius 2 is 1.50 bits per heavy atom. The Morgan fingerprint density at radius 3 is 2.14 bits per heavy atom. The van der Waals surface area contributed by atoms with Gasteiger partial charge in [-0.3, -0.25) is 0 Å². The molecule has 0 amide bonds. The molecule has 5 heteroatoms. The molecule has 0 radical (unpaired) electrons. The summed E-state index contributed by atoms with van der Waals surface area (Å²) in [6.45, 7) is 0.535. The third-order valence-corrected chi connectivity index (χ3v) is 3.15. The minimum atomic E-state index is -0.762. The molecule has 3 rings (SSSR count). The summed E-state index contributed by atoms with van der Waals surface area (Å²) in [6, 6.07) is 18.4. The van der Waals surface area contributed by atoms with Crippen LogP contribution in [0.1, 0.15) is 11.9 Å². The van der Waals surface area contributed by atoms with Gasteiger partial charge in [-0.1, -0.05) is 48.5 Å². The van der Waals surface area contributed by atoms with Crippen molar-refractivity contribution in [2.24, 2.45) is 0 Å². The topological polar surface area (TPSA) is 54.0 Å². The van der Waals surface area contributed by atoms with Gasteiger partial charge in [0.2, 0.25) is 0 Å². The average molecular weight is 300 g/mol. The van der Waals surface area contributed by atoms with Crippen LogP contribution in [-0.4, -0.2) is 25.5 Å². The molecule has 1 aliphatic rings. The molecular weight excluding hydrogens is 284 g/mol. The highest BCUT2D eigenvalue weighted by molar-refractivity contribution is 5.63. The molecule has 2 aromatic rings. The quantitative estimate of drug-likeness (QED) is 0.643. The Bertz CT molecular complexity index is 591. The second kappa shape index (κ2) is 7.06. The fourth-order valence-electron chi connectivity index (χ4n) is 2.10. The molecule has 1 fully saturated rings. The molecule has 0 saturated carbocycles. The van der Waals surface area contributed by atoms with Gasteiger partial charge in [0.25, 0.3) is 0 Å². The van der Waals surface area contributed by atoms with Gasteiger partial charge in [-0.15, -0.1) is 0 Å². The van der Waals surface area contributed by atoms with E-state index in [2.05, 4.69) is 0 Å². The van der Waals surface area contributed by atoms with E-state index in [1.165, 1.54) is 0 Å². The number of carbonyl (C=O) groups is 1. The van der Waals surface area contributed by atoms with Gasteiger partial charge in [-0.25, -0.2) is 4.79 Å². The van der Waals surface area contributed by atoms with Gasteiger partial charge in [0.05, 0.1) is 13.2 Å². The summed E-state index contributed by atoms with van der Waals surface area (Å²) in [5.41, 5.74) is 0.938. The number of carbonyl (C=O) groups excluding carboxylic acids is 1. The first-order valence-electron chi connectivity index (χ1n) is 7.03. The van der Waals surface area contributed by atoms with Crippen molar-refractivity contribution in [1.82, 2.24) is 0 Å². The van der Waals surface area contributed by atoms with Gasteiger partial charge in [0.1, 0.15) is 5.75 Å². The van der Waals surface area contributed by atoms with E-state index < -0.39 is 18.5 Å². The molecule has 0 N–H and O–H groups in total. The van der Waals surface area contributed by atoms with Crippen molar-refractivity contribution < 1.29 is 23.7 Å². The van der Waals surface area contributed by atoms with E-state index in [0.717, 1.165) is 5.56 Å². The van der Waals surface area contributed by atoms with Crippen molar-refractivity contribution >= 4 is 6.16 Å². The summed E-state index contributed by atoms with van der Waals surface area (Å²) < 4.78 is 21.4. The van der Waals surface area contributed by atoms with E-state index >= 15 is 0 Å². The Labute approximate surface area is 128 Å². The predicted molar refractivity (Wildman–Crippen MR) is 78.4 cm³/mol. The van der Waals surface area contributed by atoms with Crippen LogP contribution in [0.25, 0.3) is 0 Å². The van der Waals surface area contributed by atoms with Gasteiger partial charge in [-0.2, -0.15) is 0 Å². The van der Waals surface area contributed by atoms with Crippen LogP contribution < -0.4 is 4.74 Å². The van der Waals surface area contributed by atoms with Gasteiger partial charge in [-0.05, 0) is 12.1 Å². The zero-order valence-corrected chi connectivity index (χ0v) is 11.9. The highest BCUT2D eigenvalue weighted by Gasteiger charge is 2.26. The molecule has 0 atom stereocenters. The molecule has 1 heterocycles. The van der Waals surface area contributed by atoms with E-state index in [9.17, 15) is 4.79 Å². The Kier molecular flexibility index (Phi) is 4.68. The molecule has 114 valence electrons. The summed E-state index contributed by atoms with van der Waals surface area (Å²) in [4.78, 5) is 11.7. The average Bonchev–Trinajstić information content (AvgIpc) is 2.57. The summed E-state index contributed by atoms with van der Waals surface area (Å²) in [6.07, 6.45) is -1.66. The van der Waals surface area contributed by atoms with E-state index in [4.69, 9.17) is 18.9 Å². The van der Waals surface area contributed by atoms with Crippen LogP contribution in [0.5, 0.6) is 5.75 Å². The smallest absolute Gasteiger partial charge is 0.426 e. The first-order chi connectivity index (χ1) is 10.8. The van der Waals surface area contributed by atoms with Gasteiger partial charge in [0.15, 0.2) is 12.4 Å². The highest BCUT2D eigenvalue weighted by Crippen LogP contribution is 2.23. The van der Waals surface area contributed by atoms with Crippen molar-refractivity contribution in [2.45, 2.75) is 12.4 Å². The predicted octanol–water partition coefficient (Wildman–Crippen LogP) is 3.32. The van der Waals surface area contributed by atoms with Crippen molar-refractivity contribution in [3.05, 3.63) is 66.2 Å². The van der Waals surface area contributed by atoms with Crippen LogP contribution in [-0.2, 0) is 14.2 Å². The van der Waals surface area contributed by atoms with Crippen LogP contribution >= 0.6 is 0 Å². The summed E-state index contributed by atoms with van der Waals surface area (Å²) in [7, 11) is 0. The molecule has 0 unspecified atom stereocenters. The molecule has 1 saturated heterocycles. The highest BCUT2D eigenvalue weighted by atomic mass is 16.8. The lowest BCUT2D eigenvalue weighted by atomic mass is 10.2. The van der Waals surface area contributed by atoms with Crippen molar-refractivity contribution in [1.29, 1.82) is 0 Å². The van der Waals surface area contributed by atoms with Gasteiger partial charge < -0.3 is 18.9 Å². The van der Waals surface area contributed by atoms with E-state index in [1.807, 2.05) is 36.4 Å². The monoisotopic (exact) mass is 300 g/mol. The maximum absolute atomic E-state index is 11.7. The Morgan fingerprint density at radius 1 is 0.909 bits per heavy atom. The van der Waals surface area contributed by atoms with Crippen LogP contribution in [0, 0.1) is 0 Å². The first-order valence-corrected chi connectivity index (χ1v) is 7.03. The molecule has 0 bridgehead atoms. The Balaban J connectivity index is 1.47. The first kappa shape index (κ1) is 14.6. The van der Waals surface area contributed by atoms with Crippen molar-refractivity contribution in [3.63, 3.8) is 0 Å². The van der Waals surface area contributed by atoms with Crippen LogP contribution in [0.15, 0.2) is 60.7 Å². The number of hydrogen-bond acceptors (Lipinski definition) is 5. The number of para-hydroxylation sites is 1. The third-order valence-electron chi connectivity index (χ3n) is 3.15. The van der Waals surface area contributed by atoms with Crippen LogP contribution in [0.4, 0.5) is 4.79 Å². The largest absolute Gasteiger partial charge is 0.514 e. The number of benzene rings is 2. The van der Waals surface area contributed by atoms with Gasteiger partial charge in [0, 0.05) is 5.56 Å². The second-order valence-corrected chi connectivity index (χ2v) is 4.81. The standard InChI is InChI=1S/C17H16O5/c18-17(21-14-9-5-2-6-10-14)22-15-11-19-16(20-12-15)13-7-3-1-4-8-13/h1-10,15-16H,11-12H2. The minimum absolute atomic E-state index is 0.267. The summed E-state index contributed by atoms with van der Waals surface area (Å²) in [5.74, 6) is 0.437. The zero-order chi connectivity index (χ0) is 15.2. The Hall–Kier alpha value is -2.37. The molecule has 0 spiro atoms. The molecule has 0 aliphatic carbocycles. The lowest BCUT2D eigenvalue weighted by Crippen LogP contribution is -2.35. The number of ether oxygens (including phenoxy) is 4. The summed E-state index contributed by atoms with van der Waals surface area (Å²) >= 11 is 0. The normalized spacial score (nSPS) is 21.1. The van der Waals surface area contributed by atoms with Gasteiger partial charge >= 0.3 is 6.16 Å². The van der Waals surface area contributed by atoms with E-state index in [1.54, 1.807) is 24.3 Å². The molecule has 5 nitrogen and oxygen atoms in total. The molecule has 2 aromatic carbocycles. The summed E-state index contributed by atoms with van der Waals surface area (Å²) in [5, 5.41) is 0. The lowest BCUT2D eigenvalue weighted by molar-refractivity contribution is -0.222. The van der Waals surface area contributed by atoms with E-state index in [0.29, 0.717) is 5.75 Å². The van der Waals surface area contributed by atoms with E-state index in [-0.39, 0.29) is 13.2 Å². The lowest BCUT2D eigenvalue weighted by Gasteiger charge is -2.28. The number of rotatable bonds is 3. The fraction of sp³-hybridized carbons (Fsp3) is 0.235. The molecule has 1 aliphatic heterocycles. The maximum atomic E-state index is 11.7. The number of hydrogen-bond donors (Lipinski definition) is 0. The maximum Gasteiger partial charge on any atom is 0.514 e. The molecule has 0 aromatic heterocycles. The minimum Gasteiger partial charge on any atom is -0.426 e.